The van der Waals surface area contributed by atoms with Crippen LogP contribution in [-0.2, 0) is 4.74 Å². The highest BCUT2D eigenvalue weighted by molar-refractivity contribution is 5.65. The first-order valence-electron chi connectivity index (χ1n) is 14.1. The molecule has 3 aliphatic rings. The molecule has 10 nitrogen and oxygen atoms in total. The van der Waals surface area contributed by atoms with Crippen molar-refractivity contribution in [3.05, 3.63) is 53.7 Å². The summed E-state index contributed by atoms with van der Waals surface area (Å²) in [7, 11) is 1.65. The molecule has 2 N–H and O–H groups in total. The van der Waals surface area contributed by atoms with Crippen LogP contribution in [0.3, 0.4) is 0 Å². The summed E-state index contributed by atoms with van der Waals surface area (Å²) in [5.41, 5.74) is 2.80. The molecule has 3 aromatic rings. The third-order valence-corrected chi connectivity index (χ3v) is 8.11. The molecular weight excluding hydrogens is 525 g/mol. The number of hydrogen-bond acceptors (Lipinski definition) is 10. The molecule has 0 spiro atoms. The van der Waals surface area contributed by atoms with Gasteiger partial charge in [0.1, 0.15) is 29.9 Å². The lowest BCUT2D eigenvalue weighted by molar-refractivity contribution is -0.0713. The van der Waals surface area contributed by atoms with Crippen LogP contribution in [0, 0.1) is 11.3 Å². The van der Waals surface area contributed by atoms with Gasteiger partial charge in [-0.2, -0.15) is 10.2 Å². The highest BCUT2D eigenvalue weighted by Crippen LogP contribution is 2.35. The van der Waals surface area contributed by atoms with Crippen molar-refractivity contribution in [1.29, 1.82) is 5.26 Å². The van der Waals surface area contributed by atoms with Crippen LogP contribution in [0.25, 0.3) is 11.3 Å². The fourth-order valence-corrected chi connectivity index (χ4v) is 5.67. The van der Waals surface area contributed by atoms with Crippen LogP contribution in [-0.4, -0.2) is 84.7 Å². The largest absolute Gasteiger partial charge is 0.486 e. The van der Waals surface area contributed by atoms with Gasteiger partial charge in [-0.05, 0) is 81.2 Å². The molecular formula is C30H34FN7O3. The molecule has 2 atom stereocenters. The van der Waals surface area contributed by atoms with Crippen LogP contribution in [0.2, 0.25) is 0 Å². The maximum Gasteiger partial charge on any atom is 0.228 e. The van der Waals surface area contributed by atoms with Crippen LogP contribution in [0.4, 0.5) is 16.2 Å². The lowest BCUT2D eigenvalue weighted by Gasteiger charge is -2.41. The van der Waals surface area contributed by atoms with Crippen LogP contribution < -0.4 is 20.1 Å². The van der Waals surface area contributed by atoms with Crippen molar-refractivity contribution < 1.29 is 18.6 Å². The molecule has 0 saturated carbocycles. The Kier molecular flexibility index (Phi) is 8.23. The van der Waals surface area contributed by atoms with Crippen LogP contribution in [0.5, 0.6) is 11.6 Å². The molecule has 3 aliphatic heterocycles. The molecule has 3 saturated heterocycles. The monoisotopic (exact) mass is 559 g/mol. The minimum atomic E-state index is -1.12. The van der Waals surface area contributed by atoms with Crippen molar-refractivity contribution in [3.8, 4) is 29.0 Å². The molecule has 214 valence electrons. The topological polar surface area (TPSA) is 117 Å². The fraction of sp³-hybridized carbons (Fsp3) is 0.467. The van der Waals surface area contributed by atoms with E-state index in [1.165, 1.54) is 0 Å². The Morgan fingerprint density at radius 1 is 1.12 bits per heavy atom. The first-order valence-corrected chi connectivity index (χ1v) is 14.1. The number of ether oxygens (including phenoxy) is 3. The summed E-state index contributed by atoms with van der Waals surface area (Å²) in [6.07, 6.45) is 2.63. The van der Waals surface area contributed by atoms with Gasteiger partial charge in [0, 0.05) is 23.9 Å². The highest BCUT2D eigenvalue weighted by Gasteiger charge is 2.31. The molecule has 6 rings (SSSR count). The predicted octanol–water partition coefficient (Wildman–Crippen LogP) is 3.82. The number of rotatable bonds is 8. The average Bonchev–Trinajstić information content (AvgIpc) is 2.98. The second-order valence-corrected chi connectivity index (χ2v) is 10.7. The zero-order chi connectivity index (χ0) is 28.2. The average molecular weight is 560 g/mol. The molecule has 41 heavy (non-hydrogen) atoms. The van der Waals surface area contributed by atoms with Crippen molar-refractivity contribution in [1.82, 2.24) is 25.2 Å². The quantitative estimate of drug-likeness (QED) is 0.422. The number of piperidine rings is 2. The van der Waals surface area contributed by atoms with E-state index in [1.54, 1.807) is 31.5 Å². The molecule has 5 heterocycles. The minimum absolute atomic E-state index is 0.251. The van der Waals surface area contributed by atoms with Crippen molar-refractivity contribution >= 4 is 11.8 Å². The molecule has 0 bridgehead atoms. The van der Waals surface area contributed by atoms with E-state index in [9.17, 15) is 9.65 Å². The van der Waals surface area contributed by atoms with Crippen molar-refractivity contribution in [2.24, 2.45) is 0 Å². The van der Waals surface area contributed by atoms with Gasteiger partial charge >= 0.3 is 0 Å². The molecule has 2 aromatic heterocycles. The van der Waals surface area contributed by atoms with Gasteiger partial charge in [-0.1, -0.05) is 0 Å². The SMILES string of the molecule is COc1nc(Nc2nccc(-c3ccc(O[C@@H]4CCNC[C@H]4F)c(C#N)c3)n2)ccc1C1CCN(C2COC2)CC1. The Morgan fingerprint density at radius 3 is 2.71 bits per heavy atom. The predicted molar refractivity (Wildman–Crippen MR) is 151 cm³/mol. The van der Waals surface area contributed by atoms with E-state index in [-0.39, 0.29) is 6.54 Å². The first kappa shape index (κ1) is 27.3. The lowest BCUT2D eigenvalue weighted by atomic mass is 9.89. The second-order valence-electron chi connectivity index (χ2n) is 10.7. The van der Waals surface area contributed by atoms with E-state index < -0.39 is 12.3 Å². The van der Waals surface area contributed by atoms with Gasteiger partial charge in [-0.15, -0.1) is 0 Å². The highest BCUT2D eigenvalue weighted by atomic mass is 19.1. The number of pyridine rings is 1. The Hall–Kier alpha value is -3.85. The second kappa shape index (κ2) is 12.3. The number of halogens is 1. The molecule has 0 amide bonds. The van der Waals surface area contributed by atoms with Crippen LogP contribution in [0.1, 0.15) is 36.3 Å². The van der Waals surface area contributed by atoms with Gasteiger partial charge in [0.2, 0.25) is 11.8 Å². The molecule has 0 unspecified atom stereocenters. The number of likely N-dealkylation sites (tertiary alicyclic amines) is 1. The summed E-state index contributed by atoms with van der Waals surface area (Å²) in [6.45, 7) is 4.73. The fourth-order valence-electron chi connectivity index (χ4n) is 5.67. The van der Waals surface area contributed by atoms with E-state index in [1.807, 2.05) is 12.1 Å². The van der Waals surface area contributed by atoms with E-state index >= 15 is 0 Å². The number of methoxy groups -OCH3 is 1. The number of hydrogen-bond donors (Lipinski definition) is 2. The maximum absolute atomic E-state index is 14.2. The number of alkyl halides is 1. The summed E-state index contributed by atoms with van der Waals surface area (Å²) in [5, 5.41) is 15.9. The Balaban J connectivity index is 1.14. The van der Waals surface area contributed by atoms with E-state index in [2.05, 4.69) is 37.6 Å². The minimum Gasteiger partial charge on any atom is -0.486 e. The van der Waals surface area contributed by atoms with E-state index in [0.717, 1.165) is 50.3 Å². The van der Waals surface area contributed by atoms with Crippen LogP contribution >= 0.6 is 0 Å². The number of aromatic nitrogens is 3. The summed E-state index contributed by atoms with van der Waals surface area (Å²) in [4.78, 5) is 16.2. The third-order valence-electron chi connectivity index (χ3n) is 8.11. The Bertz CT molecular complexity index is 1410. The van der Waals surface area contributed by atoms with Crippen molar-refractivity contribution in [2.75, 3.05) is 51.8 Å². The third kappa shape index (κ3) is 6.10. The first-order chi connectivity index (χ1) is 20.1. The van der Waals surface area contributed by atoms with Gasteiger partial charge in [-0.25, -0.2) is 14.4 Å². The van der Waals surface area contributed by atoms with Crippen molar-refractivity contribution in [3.63, 3.8) is 0 Å². The van der Waals surface area contributed by atoms with Crippen molar-refractivity contribution in [2.45, 2.75) is 43.5 Å². The normalized spacial score (nSPS) is 22.0. The standard InChI is InChI=1S/C30H34FN7O3/c1-39-29-23(19-8-12-38(13-9-19)22-17-40-18-22)3-5-28(36-29)37-30-34-11-6-25(35-30)20-2-4-26(21(14-20)15-32)41-27-7-10-33-16-24(27)31/h2-6,11,14,19,22,24,27,33H,7-10,12-13,16-18H2,1H3,(H,34,35,36,37)/t24-,27-/m1/s1. The summed E-state index contributed by atoms with van der Waals surface area (Å²) in [6, 6.07) is 13.7. The number of nitrogens with one attached hydrogen (secondary N) is 2. The summed E-state index contributed by atoms with van der Waals surface area (Å²) in [5.74, 6) is 2.33. The van der Waals surface area contributed by atoms with Gasteiger partial charge in [0.05, 0.1) is 37.6 Å². The van der Waals surface area contributed by atoms with E-state index in [0.29, 0.717) is 59.6 Å². The van der Waals surface area contributed by atoms with Gasteiger partial charge in [-0.3, -0.25) is 4.90 Å². The Morgan fingerprint density at radius 2 is 1.98 bits per heavy atom. The van der Waals surface area contributed by atoms with Gasteiger partial charge in [0.15, 0.2) is 0 Å². The van der Waals surface area contributed by atoms with Gasteiger partial charge < -0.3 is 24.8 Å². The molecule has 11 heteroatoms. The number of anilines is 2. The number of benzene rings is 1. The van der Waals surface area contributed by atoms with Gasteiger partial charge in [0.25, 0.3) is 0 Å². The summed E-state index contributed by atoms with van der Waals surface area (Å²) < 4.78 is 31.1. The molecule has 1 aromatic carbocycles. The number of nitrogens with zero attached hydrogens (tertiary/aromatic N) is 5. The zero-order valence-electron chi connectivity index (χ0n) is 23.1. The van der Waals surface area contributed by atoms with E-state index in [4.69, 9.17) is 19.2 Å². The lowest BCUT2D eigenvalue weighted by Crippen LogP contribution is -2.51. The molecule has 0 aliphatic carbocycles. The smallest absolute Gasteiger partial charge is 0.228 e. The number of nitriles is 1. The molecule has 0 radical (unpaired) electrons. The maximum atomic E-state index is 14.2. The Labute approximate surface area is 238 Å². The zero-order valence-corrected chi connectivity index (χ0v) is 23.1. The molecule has 3 fully saturated rings. The summed E-state index contributed by atoms with van der Waals surface area (Å²) >= 11 is 0. The van der Waals surface area contributed by atoms with Crippen LogP contribution in [0.15, 0.2) is 42.6 Å².